The first-order valence-corrected chi connectivity index (χ1v) is 7.11. The lowest BCUT2D eigenvalue weighted by molar-refractivity contribution is 0.255. The molecule has 0 aliphatic heterocycles. The second-order valence-electron chi connectivity index (χ2n) is 4.84. The van der Waals surface area contributed by atoms with Crippen LogP contribution in [0.5, 0.6) is 5.88 Å². The number of rotatable bonds is 4. The van der Waals surface area contributed by atoms with Gasteiger partial charge in [-0.25, -0.2) is 4.98 Å². The van der Waals surface area contributed by atoms with Crippen molar-refractivity contribution in [1.82, 2.24) is 20.2 Å². The fourth-order valence-corrected chi connectivity index (χ4v) is 2.17. The molecule has 4 rings (SSSR count). The molecule has 112 valence electrons. The molecule has 0 saturated carbocycles. The smallest absolute Gasteiger partial charge is 0.233 e. The van der Waals surface area contributed by atoms with E-state index in [2.05, 4.69) is 20.2 Å². The molecule has 3 aromatic heterocycles. The monoisotopic (exact) mass is 304 g/mol. The van der Waals surface area contributed by atoms with Crippen molar-refractivity contribution in [2.24, 2.45) is 0 Å². The summed E-state index contributed by atoms with van der Waals surface area (Å²) in [6.07, 6.45) is 1.72. The first-order chi connectivity index (χ1) is 11.4. The average Bonchev–Trinajstić information content (AvgIpc) is 3.04. The Morgan fingerprint density at radius 2 is 1.78 bits per heavy atom. The van der Waals surface area contributed by atoms with Crippen molar-refractivity contribution >= 4 is 11.1 Å². The minimum absolute atomic E-state index is 0.201. The van der Waals surface area contributed by atoms with Gasteiger partial charge in [-0.05, 0) is 30.3 Å². The van der Waals surface area contributed by atoms with E-state index in [1.165, 1.54) is 0 Å². The van der Waals surface area contributed by atoms with Crippen LogP contribution in [0.1, 0.15) is 5.89 Å². The third-order valence-electron chi connectivity index (χ3n) is 3.25. The predicted molar refractivity (Wildman–Crippen MR) is 83.6 cm³/mol. The quantitative estimate of drug-likeness (QED) is 0.576. The second-order valence-corrected chi connectivity index (χ2v) is 4.84. The molecular formula is C17H12N4O2. The first kappa shape index (κ1) is 13.4. The van der Waals surface area contributed by atoms with Gasteiger partial charge in [0, 0.05) is 12.3 Å². The van der Waals surface area contributed by atoms with E-state index in [9.17, 15) is 0 Å². The molecule has 6 nitrogen and oxygen atoms in total. The molecule has 0 spiro atoms. The van der Waals surface area contributed by atoms with Crippen LogP contribution >= 0.6 is 0 Å². The number of fused-ring (bicyclic) bond motifs is 1. The summed E-state index contributed by atoms with van der Waals surface area (Å²) in [7, 11) is 0. The molecule has 0 amide bonds. The minimum atomic E-state index is 0.201. The van der Waals surface area contributed by atoms with E-state index in [0.29, 0.717) is 17.5 Å². The minimum Gasteiger partial charge on any atom is -0.467 e. The number of nitrogens with zero attached hydrogens (tertiary/aromatic N) is 4. The highest BCUT2D eigenvalue weighted by atomic mass is 16.5. The van der Waals surface area contributed by atoms with Gasteiger partial charge < -0.3 is 9.15 Å². The summed E-state index contributed by atoms with van der Waals surface area (Å²) in [5.41, 5.74) is 3.01. The summed E-state index contributed by atoms with van der Waals surface area (Å²) in [5.74, 6) is 0.911. The van der Waals surface area contributed by atoms with E-state index in [4.69, 9.17) is 9.15 Å². The first-order valence-electron chi connectivity index (χ1n) is 7.11. The number of hydrogen-bond acceptors (Lipinski definition) is 6. The van der Waals surface area contributed by atoms with E-state index in [-0.39, 0.29) is 6.61 Å². The Bertz CT molecular complexity index is 887. The molecule has 0 saturated heterocycles. The van der Waals surface area contributed by atoms with Crippen LogP contribution in [-0.2, 0) is 6.61 Å². The molecule has 23 heavy (non-hydrogen) atoms. The topological polar surface area (TPSA) is 73.9 Å². The molecule has 1 aromatic carbocycles. The van der Waals surface area contributed by atoms with Crippen LogP contribution in [0.2, 0.25) is 0 Å². The maximum Gasteiger partial charge on any atom is 0.233 e. The zero-order valence-corrected chi connectivity index (χ0v) is 12.1. The number of oxazole rings is 1. The summed E-state index contributed by atoms with van der Waals surface area (Å²) in [5, 5.41) is 8.16. The van der Waals surface area contributed by atoms with Gasteiger partial charge in [-0.2, -0.15) is 0 Å². The highest BCUT2D eigenvalue weighted by Gasteiger charge is 2.07. The predicted octanol–water partition coefficient (Wildman–Crippen LogP) is 3.26. The van der Waals surface area contributed by atoms with Gasteiger partial charge in [-0.1, -0.05) is 18.2 Å². The van der Waals surface area contributed by atoms with Crippen molar-refractivity contribution in [2.75, 3.05) is 0 Å². The van der Waals surface area contributed by atoms with E-state index in [1.54, 1.807) is 12.3 Å². The van der Waals surface area contributed by atoms with Gasteiger partial charge in [0.05, 0.1) is 5.69 Å². The van der Waals surface area contributed by atoms with Crippen LogP contribution in [0.25, 0.3) is 22.5 Å². The number of hydrogen-bond donors (Lipinski definition) is 0. The summed E-state index contributed by atoms with van der Waals surface area (Å²) in [4.78, 5) is 8.57. The van der Waals surface area contributed by atoms with Crippen molar-refractivity contribution in [2.45, 2.75) is 6.61 Å². The Morgan fingerprint density at radius 1 is 0.870 bits per heavy atom. The molecule has 3 heterocycles. The average molecular weight is 304 g/mol. The molecule has 0 atom stereocenters. The van der Waals surface area contributed by atoms with Gasteiger partial charge in [0.25, 0.3) is 0 Å². The lowest BCUT2D eigenvalue weighted by atomic mass is 10.2. The fourth-order valence-electron chi connectivity index (χ4n) is 2.17. The van der Waals surface area contributed by atoms with Crippen molar-refractivity contribution in [3.63, 3.8) is 0 Å². The number of ether oxygens (including phenoxy) is 1. The SMILES string of the molecule is c1ccc(-c2ccc(OCc3nc4ccccc4o3)nn2)nc1. The lowest BCUT2D eigenvalue weighted by Crippen LogP contribution is -1.99. The van der Waals surface area contributed by atoms with E-state index in [1.807, 2.05) is 48.5 Å². The van der Waals surface area contributed by atoms with E-state index < -0.39 is 0 Å². The van der Waals surface area contributed by atoms with Gasteiger partial charge in [0.15, 0.2) is 12.2 Å². The highest BCUT2D eigenvalue weighted by molar-refractivity contribution is 5.72. The lowest BCUT2D eigenvalue weighted by Gasteiger charge is -2.02. The van der Waals surface area contributed by atoms with E-state index >= 15 is 0 Å². The van der Waals surface area contributed by atoms with Crippen LogP contribution < -0.4 is 4.74 Å². The van der Waals surface area contributed by atoms with Crippen molar-refractivity contribution in [3.05, 3.63) is 66.7 Å². The highest BCUT2D eigenvalue weighted by Crippen LogP contribution is 2.17. The Kier molecular flexibility index (Phi) is 3.40. The number of para-hydroxylation sites is 2. The zero-order valence-electron chi connectivity index (χ0n) is 12.1. The zero-order chi connectivity index (χ0) is 15.5. The number of pyridine rings is 1. The van der Waals surface area contributed by atoms with Crippen LogP contribution in [0.3, 0.4) is 0 Å². The van der Waals surface area contributed by atoms with Crippen molar-refractivity contribution in [1.29, 1.82) is 0 Å². The fraction of sp³-hybridized carbons (Fsp3) is 0.0588. The number of aromatic nitrogens is 4. The Morgan fingerprint density at radius 3 is 2.57 bits per heavy atom. The van der Waals surface area contributed by atoms with Crippen molar-refractivity contribution in [3.8, 4) is 17.3 Å². The Hall–Kier alpha value is -3.28. The third kappa shape index (κ3) is 2.87. The summed E-state index contributed by atoms with van der Waals surface area (Å²) in [6.45, 7) is 0.201. The van der Waals surface area contributed by atoms with Crippen LogP contribution in [0.15, 0.2) is 65.2 Å². The largest absolute Gasteiger partial charge is 0.467 e. The molecular weight excluding hydrogens is 292 g/mol. The van der Waals surface area contributed by atoms with Crippen LogP contribution in [0.4, 0.5) is 0 Å². The van der Waals surface area contributed by atoms with Gasteiger partial charge in [0.1, 0.15) is 11.2 Å². The molecule has 0 unspecified atom stereocenters. The van der Waals surface area contributed by atoms with Gasteiger partial charge in [0.2, 0.25) is 11.8 Å². The van der Waals surface area contributed by atoms with Gasteiger partial charge >= 0.3 is 0 Å². The molecule has 4 aromatic rings. The van der Waals surface area contributed by atoms with Gasteiger partial charge in [-0.15, -0.1) is 10.2 Å². The molecule has 0 aliphatic carbocycles. The Labute approximate surface area is 131 Å². The maximum absolute atomic E-state index is 5.59. The van der Waals surface area contributed by atoms with E-state index in [0.717, 1.165) is 16.8 Å². The summed E-state index contributed by atoms with van der Waals surface area (Å²) in [6, 6.07) is 16.8. The molecule has 0 bridgehead atoms. The third-order valence-corrected chi connectivity index (χ3v) is 3.25. The summed E-state index contributed by atoms with van der Waals surface area (Å²) < 4.78 is 11.2. The number of benzene rings is 1. The molecule has 0 aliphatic rings. The van der Waals surface area contributed by atoms with Gasteiger partial charge in [-0.3, -0.25) is 4.98 Å². The normalized spacial score (nSPS) is 10.8. The summed E-state index contributed by atoms with van der Waals surface area (Å²) >= 11 is 0. The van der Waals surface area contributed by atoms with Crippen LogP contribution in [0, 0.1) is 0 Å². The maximum atomic E-state index is 5.59. The van der Waals surface area contributed by atoms with Crippen LogP contribution in [-0.4, -0.2) is 20.2 Å². The molecule has 6 heteroatoms. The molecule has 0 radical (unpaired) electrons. The molecule has 0 N–H and O–H groups in total. The standard InChI is InChI=1S/C17H12N4O2/c1-2-7-15-14(6-1)19-17(23-15)11-22-16-9-8-13(20-21-16)12-5-3-4-10-18-12/h1-10H,11H2. The Balaban J connectivity index is 1.47. The van der Waals surface area contributed by atoms with Crippen molar-refractivity contribution < 1.29 is 9.15 Å². The molecule has 0 fully saturated rings. The second kappa shape index (κ2) is 5.84.